The predicted octanol–water partition coefficient (Wildman–Crippen LogP) is 2.53. The van der Waals surface area contributed by atoms with Gasteiger partial charge in [0.2, 0.25) is 0 Å². The van der Waals surface area contributed by atoms with Gasteiger partial charge in [-0.05, 0) is 0 Å². The van der Waals surface area contributed by atoms with Crippen molar-refractivity contribution in [2.45, 2.75) is 0 Å². The molecule has 0 aliphatic carbocycles. The summed E-state index contributed by atoms with van der Waals surface area (Å²) in [6, 6.07) is 66.0. The summed E-state index contributed by atoms with van der Waals surface area (Å²) in [5.41, 5.74) is 0. The van der Waals surface area contributed by atoms with Gasteiger partial charge in [0, 0.05) is 10.4 Å². The molecule has 0 fully saturated rings. The molecule has 0 N–H and O–H groups in total. The Morgan fingerprint density at radius 1 is 0.302 bits per heavy atom. The van der Waals surface area contributed by atoms with E-state index in [2.05, 4.69) is 182 Å². The van der Waals surface area contributed by atoms with E-state index in [1.54, 1.807) is 21.5 Å². The summed E-state index contributed by atoms with van der Waals surface area (Å²) in [7, 11) is -5.17. The molecule has 0 saturated heterocycles. The van der Waals surface area contributed by atoms with Crippen molar-refractivity contribution in [2.24, 2.45) is 0 Å². The molecule has 6 aromatic rings. The van der Waals surface area contributed by atoms with Crippen LogP contribution < -0.4 is 21.5 Å². The average molecular weight is 798 g/mol. The maximum absolute atomic E-state index is 8.52. The summed E-state index contributed by atoms with van der Waals surface area (Å²) in [5, 5.41) is 0. The fraction of sp³-hybridized carbons (Fsp3) is 0. The van der Waals surface area contributed by atoms with Gasteiger partial charge in [-0.25, -0.2) is 0 Å². The van der Waals surface area contributed by atoms with Crippen molar-refractivity contribution in [3.8, 4) is 0 Å². The van der Waals surface area contributed by atoms with E-state index in [0.29, 0.717) is 0 Å². The molecule has 0 atom stereocenters. The van der Waals surface area contributed by atoms with E-state index in [4.69, 9.17) is 17.5 Å². The maximum atomic E-state index is 8.52. The van der Waals surface area contributed by atoms with Gasteiger partial charge in [-0.1, -0.05) is 0 Å². The molecule has 0 radical (unpaired) electrons. The molecule has 0 aliphatic heterocycles. The Labute approximate surface area is 268 Å². The summed E-state index contributed by atoms with van der Waals surface area (Å²) in [6.45, 7) is 0. The topological polar surface area (TPSA) is 80.3 Å². The summed E-state index contributed by atoms with van der Waals surface area (Å²) >= 11 is -4.27. The van der Waals surface area contributed by atoms with E-state index in [-0.39, 0.29) is 0 Å². The third kappa shape index (κ3) is 11.1. The van der Waals surface area contributed by atoms with Gasteiger partial charge in [-0.3, -0.25) is 8.42 Å². The van der Waals surface area contributed by atoms with E-state index in [1.165, 1.54) is 0 Å². The van der Waals surface area contributed by atoms with Crippen LogP contribution in [0.1, 0.15) is 0 Å². The van der Waals surface area contributed by atoms with Crippen LogP contribution in [-0.2, 0) is 10.4 Å². The molecular formula is C36H32O4SSn2-2. The molecule has 0 aliphatic rings. The van der Waals surface area contributed by atoms with Crippen molar-refractivity contribution < 1.29 is 17.5 Å². The molecule has 0 amide bonds. The molecule has 216 valence electrons. The van der Waals surface area contributed by atoms with Gasteiger partial charge >= 0.3 is 243 Å². The number of benzene rings is 6. The standard InChI is InChI=1S/6C6H5.H2O4S.2Sn.2H/c6*1-2-4-6-5-3-1;1-5(2,3)4;;;;/h6*1-5H;(H2,1,2,3,4);;;;/p-2. The zero-order chi connectivity index (χ0) is 30.3. The van der Waals surface area contributed by atoms with E-state index < -0.39 is 49.9 Å². The predicted molar refractivity (Wildman–Crippen MR) is 181 cm³/mol. The van der Waals surface area contributed by atoms with Crippen molar-refractivity contribution >= 4 is 71.4 Å². The molecular weight excluding hydrogens is 766 g/mol. The second-order valence-corrected chi connectivity index (χ2v) is 26.9. The van der Waals surface area contributed by atoms with Gasteiger partial charge < -0.3 is 9.11 Å². The van der Waals surface area contributed by atoms with E-state index in [0.717, 1.165) is 0 Å². The zero-order valence-electron chi connectivity index (χ0n) is 23.5. The molecule has 43 heavy (non-hydrogen) atoms. The first-order chi connectivity index (χ1) is 20.9. The van der Waals surface area contributed by atoms with Crippen LogP contribution in [0.2, 0.25) is 0 Å². The van der Waals surface area contributed by atoms with Crippen LogP contribution >= 0.6 is 0 Å². The van der Waals surface area contributed by atoms with Crippen molar-refractivity contribution in [3.63, 3.8) is 0 Å². The van der Waals surface area contributed by atoms with E-state index >= 15 is 0 Å². The van der Waals surface area contributed by atoms with Crippen LogP contribution in [0.4, 0.5) is 0 Å². The Bertz CT molecular complexity index is 1410. The van der Waals surface area contributed by atoms with Gasteiger partial charge in [-0.15, -0.1) is 0 Å². The molecule has 0 heterocycles. The van der Waals surface area contributed by atoms with Crippen LogP contribution in [0.15, 0.2) is 182 Å². The molecule has 0 bridgehead atoms. The molecule has 6 aromatic carbocycles. The normalized spacial score (nSPS) is 10.7. The summed E-state index contributed by atoms with van der Waals surface area (Å²) in [4.78, 5) is 0. The summed E-state index contributed by atoms with van der Waals surface area (Å²) < 4.78 is 43.3. The van der Waals surface area contributed by atoms with Crippen LogP contribution in [0, 0.1) is 0 Å². The van der Waals surface area contributed by atoms with Crippen LogP contribution in [0.25, 0.3) is 0 Å². The Kier molecular flexibility index (Phi) is 13.1. The van der Waals surface area contributed by atoms with Crippen molar-refractivity contribution in [1.82, 2.24) is 0 Å². The van der Waals surface area contributed by atoms with Crippen molar-refractivity contribution in [3.05, 3.63) is 182 Å². The number of hydrogen-bond acceptors (Lipinski definition) is 4. The third-order valence-corrected chi connectivity index (χ3v) is 24.8. The second kappa shape index (κ2) is 17.2. The van der Waals surface area contributed by atoms with Crippen LogP contribution in [-0.4, -0.2) is 57.0 Å². The van der Waals surface area contributed by atoms with Crippen molar-refractivity contribution in [2.75, 3.05) is 0 Å². The molecule has 0 unspecified atom stereocenters. The van der Waals surface area contributed by atoms with E-state index in [9.17, 15) is 0 Å². The molecule has 7 heteroatoms. The average Bonchev–Trinajstić information content (AvgIpc) is 3.04. The first kappa shape index (κ1) is 32.7. The van der Waals surface area contributed by atoms with Gasteiger partial charge in [-0.2, -0.15) is 0 Å². The number of rotatable bonds is 6. The molecule has 0 spiro atoms. The quantitative estimate of drug-likeness (QED) is 0.148. The Morgan fingerprint density at radius 2 is 0.419 bits per heavy atom. The van der Waals surface area contributed by atoms with Crippen LogP contribution in [0.5, 0.6) is 0 Å². The van der Waals surface area contributed by atoms with Gasteiger partial charge in [0.1, 0.15) is 0 Å². The van der Waals surface area contributed by atoms with E-state index in [1.807, 2.05) is 0 Å². The van der Waals surface area contributed by atoms with Gasteiger partial charge in [0.05, 0.1) is 0 Å². The fourth-order valence-corrected chi connectivity index (χ4v) is 22.0. The van der Waals surface area contributed by atoms with Crippen molar-refractivity contribution in [1.29, 1.82) is 0 Å². The summed E-state index contributed by atoms with van der Waals surface area (Å²) in [5.74, 6) is 0. The zero-order valence-corrected chi connectivity index (χ0v) is 30.9. The Balaban J connectivity index is 0.000000171. The SMILES string of the molecule is O=S(=O)([O-])[O-].c1cc[c]([SnH]([c]2ccccc2)[c]2ccccc2)cc1.c1cc[c]([SnH]([c]2ccccc2)[c]2ccccc2)cc1. The van der Waals surface area contributed by atoms with Gasteiger partial charge in [0.15, 0.2) is 0 Å². The summed E-state index contributed by atoms with van der Waals surface area (Å²) in [6.07, 6.45) is 0. The Hall–Kier alpha value is -3.21. The van der Waals surface area contributed by atoms with Gasteiger partial charge in [0.25, 0.3) is 0 Å². The van der Waals surface area contributed by atoms with Crippen LogP contribution in [0.3, 0.4) is 0 Å². The molecule has 0 saturated carbocycles. The minimum atomic E-state index is -5.17. The fourth-order valence-electron chi connectivity index (χ4n) is 5.03. The first-order valence-electron chi connectivity index (χ1n) is 13.9. The molecule has 0 aromatic heterocycles. The number of hydrogen-bond donors (Lipinski definition) is 0. The second-order valence-electron chi connectivity index (χ2n) is 9.74. The monoisotopic (exact) mass is 800 g/mol. The molecule has 4 nitrogen and oxygen atoms in total. The first-order valence-corrected chi connectivity index (χ1v) is 25.1. The molecule has 6 rings (SSSR count). The minimum absolute atomic E-state index is 1.54. The third-order valence-electron chi connectivity index (χ3n) is 6.80. The Morgan fingerprint density at radius 3 is 0.535 bits per heavy atom.